The Morgan fingerprint density at radius 3 is 2.33 bits per heavy atom. The van der Waals surface area contributed by atoms with Crippen LogP contribution in [0.4, 0.5) is 15.2 Å². The zero-order valence-corrected chi connectivity index (χ0v) is 17.5. The number of sulfonamides is 1. The van der Waals surface area contributed by atoms with E-state index in [1.807, 2.05) is 0 Å². The third-order valence-corrected chi connectivity index (χ3v) is 5.34. The number of nitrogens with zero attached hydrogens (tertiary/aromatic N) is 1. The SMILES string of the molecule is CS(=O)(=O)Nc1ccc(-c2csc(NC(=O)CCC(=O)c3ccc(F)cc3)n2)cc1. The fourth-order valence-corrected chi connectivity index (χ4v) is 3.88. The van der Waals surface area contributed by atoms with Crippen LogP contribution >= 0.6 is 11.3 Å². The molecule has 3 rings (SSSR count). The lowest BCUT2D eigenvalue weighted by molar-refractivity contribution is -0.116. The fourth-order valence-electron chi connectivity index (χ4n) is 2.58. The molecule has 3 aromatic rings. The minimum absolute atomic E-state index is 0.00446. The number of Topliss-reactive ketones (excluding diaryl/α,β-unsaturated/α-hetero) is 1. The number of benzene rings is 2. The zero-order chi connectivity index (χ0) is 21.7. The van der Waals surface area contributed by atoms with Gasteiger partial charge in [0.25, 0.3) is 0 Å². The Bertz CT molecular complexity index is 1160. The second-order valence-electron chi connectivity index (χ2n) is 6.47. The van der Waals surface area contributed by atoms with Crippen LogP contribution in [0, 0.1) is 5.82 Å². The van der Waals surface area contributed by atoms with Gasteiger partial charge in [0, 0.05) is 35.0 Å². The number of carbonyl (C=O) groups is 2. The first-order valence-electron chi connectivity index (χ1n) is 8.82. The van der Waals surface area contributed by atoms with Gasteiger partial charge in [-0.3, -0.25) is 14.3 Å². The van der Waals surface area contributed by atoms with Gasteiger partial charge in [0.15, 0.2) is 10.9 Å². The lowest BCUT2D eigenvalue weighted by Gasteiger charge is -2.04. The molecule has 2 N–H and O–H groups in total. The summed E-state index contributed by atoms with van der Waals surface area (Å²) in [5.41, 5.74) is 2.19. The summed E-state index contributed by atoms with van der Waals surface area (Å²) in [6.45, 7) is 0. The van der Waals surface area contributed by atoms with Crippen molar-refractivity contribution < 1.29 is 22.4 Å². The molecule has 156 valence electrons. The minimum Gasteiger partial charge on any atom is -0.302 e. The van der Waals surface area contributed by atoms with Crippen LogP contribution in [-0.2, 0) is 14.8 Å². The minimum atomic E-state index is -3.35. The molecule has 0 fully saturated rings. The van der Waals surface area contributed by atoms with Gasteiger partial charge >= 0.3 is 0 Å². The van der Waals surface area contributed by atoms with Gasteiger partial charge in [-0.15, -0.1) is 11.3 Å². The lowest BCUT2D eigenvalue weighted by atomic mass is 10.1. The highest BCUT2D eigenvalue weighted by molar-refractivity contribution is 7.92. The number of nitrogens with one attached hydrogen (secondary N) is 2. The van der Waals surface area contributed by atoms with Crippen LogP contribution in [0.1, 0.15) is 23.2 Å². The molecule has 1 aromatic heterocycles. The topological polar surface area (TPSA) is 105 Å². The van der Waals surface area contributed by atoms with Crippen molar-refractivity contribution in [2.75, 3.05) is 16.3 Å². The average molecular weight is 448 g/mol. The summed E-state index contributed by atoms with van der Waals surface area (Å²) in [6, 6.07) is 11.9. The molecule has 0 saturated heterocycles. The van der Waals surface area contributed by atoms with E-state index in [9.17, 15) is 22.4 Å². The molecule has 2 aromatic carbocycles. The number of rotatable bonds is 8. The van der Waals surface area contributed by atoms with E-state index in [1.165, 1.54) is 35.6 Å². The van der Waals surface area contributed by atoms with Gasteiger partial charge in [-0.05, 0) is 36.4 Å². The van der Waals surface area contributed by atoms with Crippen molar-refractivity contribution in [1.29, 1.82) is 0 Å². The number of aromatic nitrogens is 1. The molecule has 1 amide bonds. The zero-order valence-electron chi connectivity index (χ0n) is 15.9. The Morgan fingerprint density at radius 1 is 1.03 bits per heavy atom. The van der Waals surface area contributed by atoms with Crippen LogP contribution in [0.3, 0.4) is 0 Å². The number of thiazole rings is 1. The number of carbonyl (C=O) groups excluding carboxylic acids is 2. The van der Waals surface area contributed by atoms with E-state index in [0.717, 1.165) is 11.8 Å². The van der Waals surface area contributed by atoms with Crippen LogP contribution in [0.15, 0.2) is 53.9 Å². The molecule has 0 spiro atoms. The molecule has 0 unspecified atom stereocenters. The van der Waals surface area contributed by atoms with Crippen LogP contribution in [-0.4, -0.2) is 31.3 Å². The molecule has 0 bridgehead atoms. The molecule has 30 heavy (non-hydrogen) atoms. The van der Waals surface area contributed by atoms with Crippen molar-refractivity contribution in [2.24, 2.45) is 0 Å². The Balaban J connectivity index is 1.55. The smallest absolute Gasteiger partial charge is 0.229 e. The van der Waals surface area contributed by atoms with E-state index < -0.39 is 15.8 Å². The van der Waals surface area contributed by atoms with Crippen LogP contribution in [0.25, 0.3) is 11.3 Å². The molecule has 7 nitrogen and oxygen atoms in total. The summed E-state index contributed by atoms with van der Waals surface area (Å²) in [7, 11) is -3.35. The predicted octanol–water partition coefficient (Wildman–Crippen LogP) is 3.92. The Hall–Kier alpha value is -3.11. The lowest BCUT2D eigenvalue weighted by Crippen LogP contribution is -2.13. The van der Waals surface area contributed by atoms with Crippen molar-refractivity contribution in [1.82, 2.24) is 4.98 Å². The van der Waals surface area contributed by atoms with Gasteiger partial charge in [0.05, 0.1) is 11.9 Å². The second kappa shape index (κ2) is 9.14. The summed E-state index contributed by atoms with van der Waals surface area (Å²) in [5, 5.41) is 4.81. The third kappa shape index (κ3) is 6.19. The predicted molar refractivity (Wildman–Crippen MR) is 115 cm³/mol. The average Bonchev–Trinajstić information content (AvgIpc) is 3.14. The molecule has 0 aliphatic heterocycles. The number of amides is 1. The first-order chi connectivity index (χ1) is 14.2. The van der Waals surface area contributed by atoms with Gasteiger partial charge in [-0.1, -0.05) is 12.1 Å². The summed E-state index contributed by atoms with van der Waals surface area (Å²) in [4.78, 5) is 28.5. The van der Waals surface area contributed by atoms with Crippen molar-refractivity contribution in [3.63, 3.8) is 0 Å². The second-order valence-corrected chi connectivity index (χ2v) is 9.07. The molecule has 0 radical (unpaired) electrons. The maximum absolute atomic E-state index is 12.9. The maximum Gasteiger partial charge on any atom is 0.229 e. The molecular weight excluding hydrogens is 429 g/mol. The number of halogens is 1. The Labute approximate surface area is 177 Å². The van der Waals surface area contributed by atoms with E-state index in [-0.39, 0.29) is 24.5 Å². The summed E-state index contributed by atoms with van der Waals surface area (Å²) in [6.07, 6.45) is 1.06. The molecule has 0 aliphatic rings. The van der Waals surface area contributed by atoms with Crippen LogP contribution in [0.2, 0.25) is 0 Å². The quantitative estimate of drug-likeness (QED) is 0.509. The summed E-state index contributed by atoms with van der Waals surface area (Å²) in [5.74, 6) is -1.02. The summed E-state index contributed by atoms with van der Waals surface area (Å²) < 4.78 is 37.8. The monoisotopic (exact) mass is 447 g/mol. The number of hydrogen-bond donors (Lipinski definition) is 2. The normalized spacial score (nSPS) is 11.1. The number of hydrogen-bond acceptors (Lipinski definition) is 6. The van der Waals surface area contributed by atoms with Gasteiger partial charge in [0.2, 0.25) is 15.9 Å². The first-order valence-corrected chi connectivity index (χ1v) is 11.6. The number of ketones is 1. The van der Waals surface area contributed by atoms with Crippen molar-refractivity contribution >= 4 is 43.9 Å². The maximum atomic E-state index is 12.9. The van der Waals surface area contributed by atoms with E-state index in [2.05, 4.69) is 15.0 Å². The van der Waals surface area contributed by atoms with Crippen molar-refractivity contribution in [3.8, 4) is 11.3 Å². The fraction of sp³-hybridized carbons (Fsp3) is 0.150. The summed E-state index contributed by atoms with van der Waals surface area (Å²) >= 11 is 1.24. The largest absolute Gasteiger partial charge is 0.302 e. The van der Waals surface area contributed by atoms with E-state index >= 15 is 0 Å². The first kappa shape index (κ1) is 21.6. The highest BCUT2D eigenvalue weighted by Crippen LogP contribution is 2.26. The van der Waals surface area contributed by atoms with Crippen LogP contribution in [0.5, 0.6) is 0 Å². The molecule has 0 saturated carbocycles. The van der Waals surface area contributed by atoms with Gasteiger partial charge in [-0.25, -0.2) is 17.8 Å². The van der Waals surface area contributed by atoms with Crippen LogP contribution < -0.4 is 10.0 Å². The molecule has 0 aliphatic carbocycles. The molecule has 0 atom stereocenters. The number of anilines is 2. The van der Waals surface area contributed by atoms with Crippen molar-refractivity contribution in [2.45, 2.75) is 12.8 Å². The van der Waals surface area contributed by atoms with Gasteiger partial charge in [0.1, 0.15) is 5.82 Å². The van der Waals surface area contributed by atoms with E-state index in [4.69, 9.17) is 0 Å². The van der Waals surface area contributed by atoms with E-state index in [1.54, 1.807) is 29.6 Å². The Morgan fingerprint density at radius 2 is 1.70 bits per heavy atom. The standard InChI is InChI=1S/C20H18FN3O4S2/c1-30(27,28)24-16-8-4-13(5-9-16)17-12-29-20(22-17)23-19(26)11-10-18(25)14-2-6-15(21)7-3-14/h2-9,12,24H,10-11H2,1H3,(H,22,23,26). The van der Waals surface area contributed by atoms with E-state index in [0.29, 0.717) is 22.1 Å². The van der Waals surface area contributed by atoms with Gasteiger partial charge in [-0.2, -0.15) is 0 Å². The highest BCUT2D eigenvalue weighted by atomic mass is 32.2. The van der Waals surface area contributed by atoms with Crippen molar-refractivity contribution in [3.05, 3.63) is 65.3 Å². The Kier molecular flexibility index (Phi) is 6.58. The highest BCUT2D eigenvalue weighted by Gasteiger charge is 2.12. The molecular formula is C20H18FN3O4S2. The molecule has 10 heteroatoms. The third-order valence-electron chi connectivity index (χ3n) is 3.98. The molecule has 1 heterocycles. The van der Waals surface area contributed by atoms with Gasteiger partial charge < -0.3 is 5.32 Å².